The summed E-state index contributed by atoms with van der Waals surface area (Å²) < 4.78 is 5.23. The van der Waals surface area contributed by atoms with Crippen LogP contribution in [0.3, 0.4) is 0 Å². The summed E-state index contributed by atoms with van der Waals surface area (Å²) >= 11 is 5.74. The van der Waals surface area contributed by atoms with Gasteiger partial charge in [-0.05, 0) is 28.6 Å². The van der Waals surface area contributed by atoms with Crippen molar-refractivity contribution in [1.29, 1.82) is 0 Å². The maximum Gasteiger partial charge on any atom is 0.207 e. The first-order chi connectivity index (χ1) is 9.50. The Morgan fingerprint density at radius 1 is 1.10 bits per heavy atom. The van der Waals surface area contributed by atoms with Gasteiger partial charge in [0.05, 0.1) is 0 Å². The molecule has 3 nitrogen and oxygen atoms in total. The molecule has 20 heavy (non-hydrogen) atoms. The van der Waals surface area contributed by atoms with Crippen LogP contribution in [0.5, 0.6) is 5.75 Å². The fourth-order valence-corrected chi connectivity index (χ4v) is 1.89. The molecule has 0 amide bonds. The lowest BCUT2D eigenvalue weighted by Crippen LogP contribution is -2.32. The van der Waals surface area contributed by atoms with Gasteiger partial charge in [-0.2, -0.15) is 0 Å². The number of rotatable bonds is 4. The number of aliphatic hydroxyl groups excluding tert-OH is 1. The van der Waals surface area contributed by atoms with Crippen LogP contribution in [-0.2, 0) is 0 Å². The van der Waals surface area contributed by atoms with Crippen molar-refractivity contribution in [2.75, 3.05) is 6.61 Å². The molecule has 106 valence electrons. The van der Waals surface area contributed by atoms with E-state index in [4.69, 9.17) is 21.4 Å². The van der Waals surface area contributed by atoms with E-state index < -0.39 is 5.79 Å². The van der Waals surface area contributed by atoms with Gasteiger partial charge in [0.25, 0.3) is 0 Å². The number of benzene rings is 2. The van der Waals surface area contributed by atoms with Gasteiger partial charge in [0, 0.05) is 25.0 Å². The molecule has 0 bridgehead atoms. The van der Waals surface area contributed by atoms with Gasteiger partial charge in [-0.25, -0.2) is 0 Å². The molecule has 0 aliphatic heterocycles. The first kappa shape index (κ1) is 14.9. The number of hydrogen-bond donors (Lipinski definition) is 2. The SMILES string of the molecule is CC(O)(CCO)Oc1cccc(Cl)c1.c1cc2ccc1=2. The first-order valence-corrected chi connectivity index (χ1v) is 6.76. The second-order valence-electron chi connectivity index (χ2n) is 4.79. The summed E-state index contributed by atoms with van der Waals surface area (Å²) in [4.78, 5) is 0. The molecule has 2 aliphatic carbocycles. The van der Waals surface area contributed by atoms with Crippen LogP contribution in [0.2, 0.25) is 5.02 Å². The van der Waals surface area contributed by atoms with Gasteiger partial charge in [0.2, 0.25) is 5.79 Å². The number of aliphatic hydroxyl groups is 2. The number of hydrogen-bond acceptors (Lipinski definition) is 3. The monoisotopic (exact) mass is 292 g/mol. The van der Waals surface area contributed by atoms with Crippen LogP contribution >= 0.6 is 11.6 Å². The Balaban J connectivity index is 0.000000198. The minimum atomic E-state index is -1.36. The van der Waals surface area contributed by atoms with Crippen molar-refractivity contribution in [2.45, 2.75) is 19.1 Å². The standard InChI is InChI=1S/C10H13ClO3.C6H4/c1-10(13,5-6-12)14-9-4-2-3-8(11)7-9;1-2-6-4-3-5(1)6/h2-4,7,12-13H,5-6H2,1H3;1-4H. The molecule has 1 atom stereocenters. The zero-order valence-corrected chi connectivity index (χ0v) is 12.0. The quantitative estimate of drug-likeness (QED) is 0.727. The minimum absolute atomic E-state index is 0.131. The summed E-state index contributed by atoms with van der Waals surface area (Å²) in [6.07, 6.45) is 0.152. The molecule has 0 saturated carbocycles. The third kappa shape index (κ3) is 3.97. The molecule has 2 aliphatic rings. The van der Waals surface area contributed by atoms with Crippen LogP contribution in [0.1, 0.15) is 13.3 Å². The van der Waals surface area contributed by atoms with E-state index in [1.165, 1.54) is 17.4 Å². The lowest BCUT2D eigenvalue weighted by Gasteiger charge is -2.23. The topological polar surface area (TPSA) is 49.7 Å². The third-order valence-electron chi connectivity index (χ3n) is 2.93. The molecule has 2 N–H and O–H groups in total. The van der Waals surface area contributed by atoms with Crippen LogP contribution in [0.15, 0.2) is 48.5 Å². The largest absolute Gasteiger partial charge is 0.463 e. The number of halogens is 1. The highest BCUT2D eigenvalue weighted by molar-refractivity contribution is 6.30. The fraction of sp³-hybridized carbons (Fsp3) is 0.250. The fourth-order valence-electron chi connectivity index (χ4n) is 1.71. The molecular weight excluding hydrogens is 276 g/mol. The smallest absolute Gasteiger partial charge is 0.207 e. The highest BCUT2D eigenvalue weighted by Gasteiger charge is 2.21. The summed E-state index contributed by atoms with van der Waals surface area (Å²) in [5.74, 6) is -0.879. The van der Waals surface area contributed by atoms with Crippen molar-refractivity contribution >= 4 is 11.6 Å². The molecule has 3 rings (SSSR count). The molecule has 0 saturated heterocycles. The van der Waals surface area contributed by atoms with Gasteiger partial charge in [-0.1, -0.05) is 41.9 Å². The molecule has 0 heterocycles. The number of ether oxygens (including phenoxy) is 1. The predicted molar refractivity (Wildman–Crippen MR) is 78.5 cm³/mol. The molecular formula is C16H17ClO3. The van der Waals surface area contributed by atoms with Gasteiger partial charge in [0.15, 0.2) is 0 Å². The van der Waals surface area contributed by atoms with Crippen LogP contribution in [0, 0.1) is 10.4 Å². The summed E-state index contributed by atoms with van der Waals surface area (Å²) in [6, 6.07) is 15.2. The minimum Gasteiger partial charge on any atom is -0.463 e. The molecule has 1 unspecified atom stereocenters. The molecule has 1 aromatic rings. The zero-order chi connectivity index (χ0) is 14.6. The van der Waals surface area contributed by atoms with E-state index in [-0.39, 0.29) is 13.0 Å². The Hall–Kier alpha value is -1.55. The Bertz CT molecular complexity index is 617. The highest BCUT2D eigenvalue weighted by Crippen LogP contribution is 2.22. The lowest BCUT2D eigenvalue weighted by atomic mass is 10.1. The van der Waals surface area contributed by atoms with Gasteiger partial charge in [-0.15, -0.1) is 0 Å². The maximum absolute atomic E-state index is 9.63. The molecule has 4 heteroatoms. The predicted octanol–water partition coefficient (Wildman–Crippen LogP) is 3.10. The van der Waals surface area contributed by atoms with Gasteiger partial charge >= 0.3 is 0 Å². The van der Waals surface area contributed by atoms with Crippen molar-refractivity contribution in [3.8, 4) is 5.75 Å². The van der Waals surface area contributed by atoms with Gasteiger partial charge < -0.3 is 14.9 Å². The Morgan fingerprint density at radius 3 is 2.10 bits per heavy atom. The molecule has 0 fully saturated rings. The second kappa shape index (κ2) is 6.27. The van der Waals surface area contributed by atoms with Crippen molar-refractivity contribution in [3.63, 3.8) is 0 Å². The maximum atomic E-state index is 9.63. The van der Waals surface area contributed by atoms with Crippen LogP contribution in [-0.4, -0.2) is 22.6 Å². The molecule has 1 aromatic carbocycles. The van der Waals surface area contributed by atoms with Gasteiger partial charge in [0.1, 0.15) is 5.75 Å². The summed E-state index contributed by atoms with van der Waals surface area (Å²) in [7, 11) is 0. The van der Waals surface area contributed by atoms with E-state index in [1.807, 2.05) is 0 Å². The van der Waals surface area contributed by atoms with Crippen molar-refractivity contribution in [3.05, 3.63) is 64.0 Å². The Labute approximate surface area is 122 Å². The highest BCUT2D eigenvalue weighted by atomic mass is 35.5. The van der Waals surface area contributed by atoms with Crippen LogP contribution in [0.25, 0.3) is 0 Å². The van der Waals surface area contributed by atoms with Crippen molar-refractivity contribution in [1.82, 2.24) is 0 Å². The average molecular weight is 293 g/mol. The summed E-state index contributed by atoms with van der Waals surface area (Å²) in [6.45, 7) is 1.36. The van der Waals surface area contributed by atoms with E-state index in [1.54, 1.807) is 24.3 Å². The summed E-state index contributed by atoms with van der Waals surface area (Å²) in [5.41, 5.74) is 0. The molecule has 0 radical (unpaired) electrons. The Kier molecular flexibility index (Phi) is 4.65. The molecule has 0 aromatic heterocycles. The van der Waals surface area contributed by atoms with E-state index in [0.717, 1.165) is 0 Å². The van der Waals surface area contributed by atoms with Crippen molar-refractivity contribution < 1.29 is 14.9 Å². The van der Waals surface area contributed by atoms with E-state index in [0.29, 0.717) is 10.8 Å². The third-order valence-corrected chi connectivity index (χ3v) is 3.16. The zero-order valence-electron chi connectivity index (χ0n) is 11.2. The van der Waals surface area contributed by atoms with Crippen LogP contribution < -0.4 is 4.74 Å². The van der Waals surface area contributed by atoms with E-state index in [2.05, 4.69) is 24.3 Å². The van der Waals surface area contributed by atoms with Gasteiger partial charge in [-0.3, -0.25) is 0 Å². The van der Waals surface area contributed by atoms with E-state index >= 15 is 0 Å². The normalized spacial score (nSPS) is 13.8. The summed E-state index contributed by atoms with van der Waals surface area (Å²) in [5, 5.41) is 21.7. The lowest BCUT2D eigenvalue weighted by molar-refractivity contribution is -0.132. The Morgan fingerprint density at radius 2 is 1.70 bits per heavy atom. The van der Waals surface area contributed by atoms with E-state index in [9.17, 15) is 5.11 Å². The second-order valence-corrected chi connectivity index (χ2v) is 5.22. The first-order valence-electron chi connectivity index (χ1n) is 6.38. The van der Waals surface area contributed by atoms with Crippen molar-refractivity contribution in [2.24, 2.45) is 0 Å². The molecule has 0 spiro atoms. The average Bonchev–Trinajstić information content (AvgIpc) is 2.34. The van der Waals surface area contributed by atoms with Crippen LogP contribution in [0.4, 0.5) is 0 Å².